The Labute approximate surface area is 774 Å². The summed E-state index contributed by atoms with van der Waals surface area (Å²) >= 11 is -2.34. The predicted molar refractivity (Wildman–Crippen MR) is 494 cm³/mol. The van der Waals surface area contributed by atoms with Gasteiger partial charge in [-0.3, -0.25) is 19.9 Å². The molecule has 4 N–H and O–H groups in total. The van der Waals surface area contributed by atoms with Crippen molar-refractivity contribution in [3.8, 4) is 147 Å². The predicted octanol–water partition coefficient (Wildman–Crippen LogP) is 21.1. The minimum atomic E-state index is -2.76. The van der Waals surface area contributed by atoms with Gasteiger partial charge in [0.25, 0.3) is 0 Å². The summed E-state index contributed by atoms with van der Waals surface area (Å²) < 4.78 is 19.6. The van der Waals surface area contributed by atoms with Crippen molar-refractivity contribution in [1.29, 1.82) is 0 Å². The molecule has 13 nitrogen and oxygen atoms in total. The van der Waals surface area contributed by atoms with Crippen molar-refractivity contribution in [3.63, 3.8) is 0 Å². The van der Waals surface area contributed by atoms with Crippen LogP contribution in [0.4, 0.5) is 0 Å². The zero-order valence-corrected chi connectivity index (χ0v) is 78.3. The molecule has 1 atom stereocenters. The van der Waals surface area contributed by atoms with Gasteiger partial charge in [-0.2, -0.15) is 0 Å². The molecule has 0 fully saturated rings. The molecule has 0 saturated heterocycles. The van der Waals surface area contributed by atoms with Gasteiger partial charge in [0.2, 0.25) is 0 Å². The molecule has 0 saturated carbocycles. The number of aromatic nitrogens is 8. The summed E-state index contributed by atoms with van der Waals surface area (Å²) in [6.07, 6.45) is 13.3. The van der Waals surface area contributed by atoms with E-state index in [-0.39, 0.29) is 103 Å². The van der Waals surface area contributed by atoms with Crippen LogP contribution in [-0.2, 0) is 70.5 Å². The standard InChI is InChI=1S/C28H27GeN2O.C28H27N2OSi.C25H20N2O2P.C22H13N2OSe.4Ni/c1-3-16-29(17-4-2)23-13-12-20(25-10-7-8-18-30-25)19-22(23)28-24(29)14-15-26(31-28)21-9-5-6-11-27(21)32;1-3-17-32(18-4-2)26-14-12-20(23-10-7-8-16-29-23)19-22(26)28-27(32)15-13-24(30-28)21-9-5-6-11-25(21)31;1-2-15-30(29)23-12-10-17(20-8-5-6-14-26-20)16-19(23)25-24(30)13-11-21(27-25)18-7-3-4-9-22(18)28;25-19-7-2-1-5-15(19)18-9-11-21-22(24-18)16-13-14(8-10-20(16)26-21)17-6-3-4-12-23-17;;;;/h5-15,18,32H,3-4,16-17H2,1-2H3;5-16,31H,3-4,17-18H2,1-2H3;3-14,28H,2,15H2,1H3;1-12,25H;;;;/q4*-1;;;;. The summed E-state index contributed by atoms with van der Waals surface area (Å²) in [6.45, 7) is 11.2. The van der Waals surface area contributed by atoms with Gasteiger partial charge in [0.15, 0.2) is 0 Å². The summed E-state index contributed by atoms with van der Waals surface area (Å²) in [5.74, 6) is 0.940. The van der Waals surface area contributed by atoms with Crippen molar-refractivity contribution in [2.24, 2.45) is 0 Å². The maximum atomic E-state index is 14.1. The van der Waals surface area contributed by atoms with Gasteiger partial charge in [-0.05, 0) is 60.3 Å². The third kappa shape index (κ3) is 17.7. The molecular weight excluding hydrogens is 1870 g/mol. The number of nitrogens with zero attached hydrogens (tertiary/aromatic N) is 8. The van der Waals surface area contributed by atoms with Crippen LogP contribution < -0.4 is 29.8 Å². The number of phenols is 4. The Hall–Kier alpha value is -10.4. The largest absolute Gasteiger partial charge is 0 e. The van der Waals surface area contributed by atoms with Crippen LogP contribution in [0.25, 0.3) is 143 Å². The molecule has 0 amide bonds. The van der Waals surface area contributed by atoms with Crippen LogP contribution in [0, 0.1) is 24.3 Å². The van der Waals surface area contributed by atoms with Gasteiger partial charge >= 0.3 is 349 Å². The molecule has 9 aromatic heterocycles. The molecule has 12 heterocycles. The Kier molecular flexibility index (Phi) is 29.7. The van der Waals surface area contributed by atoms with Gasteiger partial charge in [-0.1, -0.05) is 134 Å². The molecule has 1 unspecified atom stereocenters. The van der Waals surface area contributed by atoms with Gasteiger partial charge in [0.1, 0.15) is 18.6 Å². The zero-order valence-electron chi connectivity index (χ0n) is 68.7. The number of benzene rings is 8. The van der Waals surface area contributed by atoms with Gasteiger partial charge in [0.05, 0.1) is 19.5 Å². The third-order valence-electron chi connectivity index (χ3n) is 23.0. The van der Waals surface area contributed by atoms with E-state index in [9.17, 15) is 25.0 Å². The van der Waals surface area contributed by atoms with E-state index in [2.05, 4.69) is 139 Å². The third-order valence-corrected chi connectivity index (χ3v) is 46.0. The number of fused-ring (bicyclic) bond motifs is 12. The number of hydrogen-bond donors (Lipinski definition) is 4. The van der Waals surface area contributed by atoms with Crippen LogP contribution in [0.15, 0.2) is 292 Å². The topological polar surface area (TPSA) is 201 Å². The molecule has 20 rings (SSSR count). The van der Waals surface area contributed by atoms with Crippen molar-refractivity contribution >= 4 is 92.2 Å². The van der Waals surface area contributed by atoms with Crippen LogP contribution in [0.1, 0.15) is 66.7 Å². The summed E-state index contributed by atoms with van der Waals surface area (Å²) in [7, 11) is -4.67. The van der Waals surface area contributed by atoms with Crippen LogP contribution in [0.2, 0.25) is 22.6 Å². The van der Waals surface area contributed by atoms with Crippen LogP contribution >= 0.6 is 7.14 Å². The van der Waals surface area contributed by atoms with Crippen molar-refractivity contribution in [2.45, 2.75) is 89.3 Å². The average Bonchev–Trinajstić information content (AvgIpc) is 1.51. The summed E-state index contributed by atoms with van der Waals surface area (Å²) in [5.41, 5.74) is 20.3. The second-order valence-electron chi connectivity index (χ2n) is 30.5. The van der Waals surface area contributed by atoms with Crippen LogP contribution in [0.5, 0.6) is 23.0 Å². The molecule has 632 valence electrons. The first-order valence-corrected chi connectivity index (χ1v) is 52.2. The molecular formula is C103H87GeN8Ni4O5PSeSi-4. The van der Waals surface area contributed by atoms with Crippen molar-refractivity contribution in [3.05, 3.63) is 316 Å². The minimum absolute atomic E-state index is 0. The Balaban J connectivity index is 0.000000141. The van der Waals surface area contributed by atoms with E-state index in [1.165, 1.54) is 63.1 Å². The molecule has 0 radical (unpaired) electrons. The second-order valence-corrected chi connectivity index (χ2v) is 48.8. The Bertz CT molecular complexity index is 6510. The zero-order chi connectivity index (χ0) is 82.5. The van der Waals surface area contributed by atoms with Crippen molar-refractivity contribution in [1.82, 2.24) is 39.9 Å². The van der Waals surface area contributed by atoms with E-state index in [0.717, 1.165) is 148 Å². The number of rotatable bonds is 18. The maximum Gasteiger partial charge on any atom is 0 e. The van der Waals surface area contributed by atoms with Crippen LogP contribution in [-0.4, -0.2) is 102 Å². The molecule has 8 aromatic carbocycles. The Morgan fingerprint density at radius 1 is 0.339 bits per heavy atom. The smallest absolute Gasteiger partial charge is 0 e. The van der Waals surface area contributed by atoms with Gasteiger partial charge in [-0.15, -0.1) is 41.6 Å². The van der Waals surface area contributed by atoms with E-state index in [1.54, 1.807) is 42.7 Å². The monoisotopic (exact) mass is 1960 g/mol. The number of aromatic hydroxyl groups is 4. The molecule has 21 heteroatoms. The van der Waals surface area contributed by atoms with Crippen molar-refractivity contribution < 1.29 is 91.0 Å². The fourth-order valence-electron chi connectivity index (χ4n) is 17.7. The first-order valence-electron chi connectivity index (χ1n) is 41.2. The number of pyridine rings is 8. The number of hydrogen-bond acceptors (Lipinski definition) is 13. The van der Waals surface area contributed by atoms with Gasteiger partial charge < -0.3 is 14.8 Å². The average molecular weight is 1960 g/mol. The van der Waals surface area contributed by atoms with E-state index < -0.39 is 28.5 Å². The molecule has 124 heavy (non-hydrogen) atoms. The molecule has 0 bridgehead atoms. The van der Waals surface area contributed by atoms with Gasteiger partial charge in [0, 0.05) is 124 Å². The number of para-hydroxylation sites is 4. The van der Waals surface area contributed by atoms with E-state index in [1.807, 2.05) is 189 Å². The van der Waals surface area contributed by atoms with Crippen molar-refractivity contribution in [2.75, 3.05) is 6.16 Å². The fourth-order valence-corrected chi connectivity index (χ4v) is 39.7. The van der Waals surface area contributed by atoms with E-state index in [0.29, 0.717) is 23.1 Å². The fraction of sp³-hybridized carbons (Fsp3) is 0.146. The Morgan fingerprint density at radius 2 is 0.726 bits per heavy atom. The maximum absolute atomic E-state index is 14.1. The Morgan fingerprint density at radius 3 is 1.21 bits per heavy atom. The molecule has 17 aromatic rings. The SMILES string of the molecule is CCCP1(=O)c2ccc(-c3ccccn3)[c-]c2-c2nc(-c3ccccc3O)ccc21.CCC[Si]1(CCC)c2ccc(-c3ccccn3)[c-]c2-c2nc(-c3ccccc3O)ccc21.CC[CH2][Ge]1([CH2]CC)[c]2ccc(-c3ccccn3)[c-]c2-c2nc(-c3ccccc3O)cc[c]21.Oc1ccccc1-c1ccc2[se]c3ccc(-c4ccccn4)[c-]c3c2n1.[Ni].[Ni].[Ni].[Ni]. The second kappa shape index (κ2) is 40.3. The van der Waals surface area contributed by atoms with E-state index >= 15 is 0 Å². The quantitative estimate of drug-likeness (QED) is 0.0359. The molecule has 0 aliphatic carbocycles. The summed E-state index contributed by atoms with van der Waals surface area (Å²) in [5, 5.41) is 49.3. The minimum Gasteiger partial charge on any atom is 0 e. The van der Waals surface area contributed by atoms with Gasteiger partial charge in [-0.25, -0.2) is 0 Å². The normalized spacial score (nSPS) is 13.4. The van der Waals surface area contributed by atoms with E-state index in [4.69, 9.17) is 19.9 Å². The molecule has 0 spiro atoms. The number of phenolic OH excluding ortho intramolecular Hbond substituents is 4. The summed E-state index contributed by atoms with van der Waals surface area (Å²) in [6, 6.07) is 104. The molecule has 3 aliphatic rings. The van der Waals surface area contributed by atoms with Crippen LogP contribution in [0.3, 0.4) is 0 Å². The first kappa shape index (κ1) is 91.3. The first-order chi connectivity index (χ1) is 58.8. The summed E-state index contributed by atoms with van der Waals surface area (Å²) in [4.78, 5) is 38.0. The molecule has 3 aliphatic heterocycles.